The molecule has 0 aliphatic carbocycles. The second-order valence-electron chi connectivity index (χ2n) is 3.88. The van der Waals surface area contributed by atoms with Crippen LogP contribution in [0.1, 0.15) is 11.7 Å². The lowest BCUT2D eigenvalue weighted by atomic mass is 10.3. The number of aryl methyl sites for hydroxylation is 1. The van der Waals surface area contributed by atoms with Crippen LogP contribution in [0.3, 0.4) is 0 Å². The molecule has 0 bridgehead atoms. The van der Waals surface area contributed by atoms with Crippen molar-refractivity contribution in [2.75, 3.05) is 5.73 Å². The van der Waals surface area contributed by atoms with Gasteiger partial charge in [0.2, 0.25) is 15.9 Å². The van der Waals surface area contributed by atoms with Gasteiger partial charge in [0.05, 0.1) is 17.8 Å². The molecule has 19 heavy (non-hydrogen) atoms. The third-order valence-electron chi connectivity index (χ3n) is 2.33. The maximum atomic E-state index is 12.1. The van der Waals surface area contributed by atoms with E-state index in [1.54, 1.807) is 6.92 Å². The quantitative estimate of drug-likeness (QED) is 0.837. The van der Waals surface area contributed by atoms with Gasteiger partial charge in [0.15, 0.2) is 0 Å². The third kappa shape index (κ3) is 3.25. The van der Waals surface area contributed by atoms with Crippen molar-refractivity contribution in [2.45, 2.75) is 18.4 Å². The summed E-state index contributed by atoms with van der Waals surface area (Å²) in [5, 5.41) is 0.102. The van der Waals surface area contributed by atoms with Crippen LogP contribution in [0.2, 0.25) is 5.02 Å². The molecular formula is C11H12ClN3O3S. The lowest BCUT2D eigenvalue weighted by Crippen LogP contribution is -2.23. The SMILES string of the molecule is Cc1cnc(CNS(=O)(=O)c2cc(N)ccc2Cl)o1. The Hall–Kier alpha value is -1.57. The standard InChI is InChI=1S/C11H12ClN3O3S/c1-7-5-14-11(18-7)6-15-19(16,17)10-4-8(13)2-3-9(10)12/h2-5,15H,6,13H2,1H3. The minimum atomic E-state index is -3.76. The van der Waals surface area contributed by atoms with Crippen LogP contribution in [0.15, 0.2) is 33.7 Å². The maximum Gasteiger partial charge on any atom is 0.242 e. The molecular weight excluding hydrogens is 290 g/mol. The number of sulfonamides is 1. The number of nitrogen functional groups attached to an aromatic ring is 1. The van der Waals surface area contributed by atoms with Crippen LogP contribution in [-0.4, -0.2) is 13.4 Å². The van der Waals surface area contributed by atoms with Gasteiger partial charge in [-0.2, -0.15) is 0 Å². The fourth-order valence-electron chi connectivity index (χ4n) is 1.44. The number of halogens is 1. The number of nitrogens with one attached hydrogen (secondary N) is 1. The molecule has 0 saturated heterocycles. The van der Waals surface area contributed by atoms with Gasteiger partial charge in [0.25, 0.3) is 0 Å². The van der Waals surface area contributed by atoms with Gasteiger partial charge in [-0.25, -0.2) is 18.1 Å². The summed E-state index contributed by atoms with van der Waals surface area (Å²) >= 11 is 5.85. The summed E-state index contributed by atoms with van der Waals surface area (Å²) in [4.78, 5) is 3.83. The van der Waals surface area contributed by atoms with Crippen molar-refractivity contribution < 1.29 is 12.8 Å². The average molecular weight is 302 g/mol. The number of aromatic nitrogens is 1. The second kappa shape index (κ2) is 5.20. The molecule has 0 radical (unpaired) electrons. The number of benzene rings is 1. The van der Waals surface area contributed by atoms with Crippen LogP contribution in [0.25, 0.3) is 0 Å². The Labute approximate surface area is 115 Å². The van der Waals surface area contributed by atoms with Crippen LogP contribution < -0.4 is 10.5 Å². The van der Waals surface area contributed by atoms with E-state index in [0.29, 0.717) is 11.4 Å². The van der Waals surface area contributed by atoms with E-state index < -0.39 is 10.0 Å². The Bertz CT molecular complexity index is 697. The van der Waals surface area contributed by atoms with Crippen molar-refractivity contribution in [2.24, 2.45) is 0 Å². The topological polar surface area (TPSA) is 98.2 Å². The van der Waals surface area contributed by atoms with Crippen LogP contribution >= 0.6 is 11.6 Å². The monoisotopic (exact) mass is 301 g/mol. The van der Waals surface area contributed by atoms with E-state index in [1.165, 1.54) is 24.4 Å². The first kappa shape index (κ1) is 13.9. The van der Waals surface area contributed by atoms with Crippen molar-refractivity contribution in [3.05, 3.63) is 41.1 Å². The Morgan fingerprint density at radius 1 is 1.47 bits per heavy atom. The normalized spacial score (nSPS) is 11.7. The summed E-state index contributed by atoms with van der Waals surface area (Å²) in [6.45, 7) is 1.67. The zero-order chi connectivity index (χ0) is 14.0. The highest BCUT2D eigenvalue weighted by molar-refractivity contribution is 7.89. The minimum Gasteiger partial charge on any atom is -0.445 e. The van der Waals surface area contributed by atoms with Gasteiger partial charge in [0, 0.05) is 5.69 Å². The van der Waals surface area contributed by atoms with E-state index in [-0.39, 0.29) is 22.4 Å². The van der Waals surface area contributed by atoms with E-state index >= 15 is 0 Å². The second-order valence-corrected chi connectivity index (χ2v) is 6.02. The number of anilines is 1. The predicted octanol–water partition coefficient (Wildman–Crippen LogP) is 1.70. The summed E-state index contributed by atoms with van der Waals surface area (Å²) < 4.78 is 31.7. The van der Waals surface area contributed by atoms with Crippen LogP contribution in [-0.2, 0) is 16.6 Å². The molecule has 8 heteroatoms. The Morgan fingerprint density at radius 2 is 2.21 bits per heavy atom. The first-order valence-electron chi connectivity index (χ1n) is 5.34. The lowest BCUT2D eigenvalue weighted by Gasteiger charge is -2.07. The molecule has 0 aliphatic rings. The first-order valence-corrected chi connectivity index (χ1v) is 7.20. The summed E-state index contributed by atoms with van der Waals surface area (Å²) in [6.07, 6.45) is 1.51. The fraction of sp³-hybridized carbons (Fsp3) is 0.182. The molecule has 2 aromatic rings. The summed E-state index contributed by atoms with van der Waals surface area (Å²) in [7, 11) is -3.76. The van der Waals surface area contributed by atoms with Gasteiger partial charge < -0.3 is 10.2 Å². The number of oxazole rings is 1. The van der Waals surface area contributed by atoms with E-state index in [2.05, 4.69) is 9.71 Å². The molecule has 2 rings (SSSR count). The molecule has 1 aromatic heterocycles. The van der Waals surface area contributed by atoms with Gasteiger partial charge in [0.1, 0.15) is 10.7 Å². The van der Waals surface area contributed by atoms with Crippen molar-refractivity contribution in [3.63, 3.8) is 0 Å². The van der Waals surface area contributed by atoms with E-state index in [1.807, 2.05) is 0 Å². The summed E-state index contributed by atoms with van der Waals surface area (Å²) in [5.74, 6) is 0.886. The van der Waals surface area contributed by atoms with Gasteiger partial charge >= 0.3 is 0 Å². The zero-order valence-corrected chi connectivity index (χ0v) is 11.6. The van der Waals surface area contributed by atoms with E-state index in [0.717, 1.165) is 0 Å². The Morgan fingerprint density at radius 3 is 2.84 bits per heavy atom. The molecule has 3 N–H and O–H groups in total. The number of nitrogens with zero attached hydrogens (tertiary/aromatic N) is 1. The van der Waals surface area contributed by atoms with Crippen molar-refractivity contribution in [1.82, 2.24) is 9.71 Å². The van der Waals surface area contributed by atoms with Gasteiger partial charge in [-0.1, -0.05) is 11.6 Å². The molecule has 0 fully saturated rings. The Kier molecular flexibility index (Phi) is 3.79. The average Bonchev–Trinajstić information content (AvgIpc) is 2.76. The first-order chi connectivity index (χ1) is 8.88. The number of hydrogen-bond donors (Lipinski definition) is 2. The Balaban J connectivity index is 2.20. The molecule has 6 nitrogen and oxygen atoms in total. The molecule has 0 spiro atoms. The zero-order valence-electron chi connectivity index (χ0n) is 10.1. The smallest absolute Gasteiger partial charge is 0.242 e. The van der Waals surface area contributed by atoms with Crippen molar-refractivity contribution in [1.29, 1.82) is 0 Å². The van der Waals surface area contributed by atoms with E-state index in [9.17, 15) is 8.42 Å². The van der Waals surface area contributed by atoms with Gasteiger partial charge in [-0.3, -0.25) is 0 Å². The van der Waals surface area contributed by atoms with Gasteiger partial charge in [-0.15, -0.1) is 0 Å². The number of nitrogens with two attached hydrogens (primary N) is 1. The highest BCUT2D eigenvalue weighted by Gasteiger charge is 2.18. The van der Waals surface area contributed by atoms with Crippen LogP contribution in [0, 0.1) is 6.92 Å². The molecule has 102 valence electrons. The third-order valence-corrected chi connectivity index (χ3v) is 4.21. The van der Waals surface area contributed by atoms with Crippen LogP contribution in [0.5, 0.6) is 0 Å². The highest BCUT2D eigenvalue weighted by atomic mass is 35.5. The number of hydrogen-bond acceptors (Lipinski definition) is 5. The molecule has 0 amide bonds. The van der Waals surface area contributed by atoms with E-state index in [4.69, 9.17) is 21.8 Å². The molecule has 0 aliphatic heterocycles. The van der Waals surface area contributed by atoms with Crippen LogP contribution in [0.4, 0.5) is 5.69 Å². The molecule has 0 saturated carbocycles. The van der Waals surface area contributed by atoms with Gasteiger partial charge in [-0.05, 0) is 25.1 Å². The van der Waals surface area contributed by atoms with Crippen molar-refractivity contribution >= 4 is 27.3 Å². The molecule has 0 atom stereocenters. The highest BCUT2D eigenvalue weighted by Crippen LogP contribution is 2.23. The van der Waals surface area contributed by atoms with Crippen molar-refractivity contribution in [3.8, 4) is 0 Å². The minimum absolute atomic E-state index is 0.0543. The maximum absolute atomic E-state index is 12.1. The number of rotatable bonds is 4. The predicted molar refractivity (Wildman–Crippen MR) is 71.1 cm³/mol. The largest absolute Gasteiger partial charge is 0.445 e. The summed E-state index contributed by atoms with van der Waals surface area (Å²) in [6, 6.07) is 4.25. The molecule has 1 aromatic carbocycles. The summed E-state index contributed by atoms with van der Waals surface area (Å²) in [5.41, 5.74) is 5.87. The molecule has 0 unspecified atom stereocenters. The molecule has 1 heterocycles. The lowest BCUT2D eigenvalue weighted by molar-refractivity contribution is 0.463. The fourth-order valence-corrected chi connectivity index (χ4v) is 2.95.